The SMILES string of the molecule is CCN(CC)S(=O)(=O)c1ccc(Oc2ccc(F)cc2)c(NC(=O)c2c(C)noc2C)c1. The van der Waals surface area contributed by atoms with Crippen molar-refractivity contribution in [3.63, 3.8) is 0 Å². The van der Waals surface area contributed by atoms with E-state index in [9.17, 15) is 17.6 Å². The predicted octanol–water partition coefficient (Wildman–Crippen LogP) is 4.51. The third-order valence-electron chi connectivity index (χ3n) is 4.84. The minimum Gasteiger partial charge on any atom is -0.455 e. The predicted molar refractivity (Wildman–Crippen MR) is 117 cm³/mol. The maximum Gasteiger partial charge on any atom is 0.261 e. The van der Waals surface area contributed by atoms with Gasteiger partial charge in [0.25, 0.3) is 5.91 Å². The Bertz CT molecular complexity index is 1200. The zero-order chi connectivity index (χ0) is 23.5. The Hall–Kier alpha value is -3.24. The summed E-state index contributed by atoms with van der Waals surface area (Å²) in [6.45, 7) is 7.32. The molecule has 1 aromatic heterocycles. The van der Waals surface area contributed by atoms with Gasteiger partial charge in [-0.1, -0.05) is 19.0 Å². The quantitative estimate of drug-likeness (QED) is 0.530. The number of carbonyl (C=O) groups excluding carboxylic acids is 1. The highest BCUT2D eigenvalue weighted by Crippen LogP contribution is 2.33. The summed E-state index contributed by atoms with van der Waals surface area (Å²) in [5.74, 6) is -0.116. The van der Waals surface area contributed by atoms with Crippen LogP contribution in [0.5, 0.6) is 11.5 Å². The molecule has 32 heavy (non-hydrogen) atoms. The highest BCUT2D eigenvalue weighted by atomic mass is 32.2. The minimum atomic E-state index is -3.78. The van der Waals surface area contributed by atoms with Crippen molar-refractivity contribution in [3.8, 4) is 11.5 Å². The average molecular weight is 462 g/mol. The molecular formula is C22H24FN3O5S. The standard InChI is InChI=1S/C22H24FN3O5S/c1-5-26(6-2)32(28,29)18-11-12-20(30-17-9-7-16(23)8-10-17)19(13-18)24-22(27)21-14(3)25-31-15(21)4/h7-13H,5-6H2,1-4H3,(H,24,27). The van der Waals surface area contributed by atoms with Crippen LogP contribution >= 0.6 is 0 Å². The lowest BCUT2D eigenvalue weighted by atomic mass is 10.2. The Labute approximate surface area is 186 Å². The van der Waals surface area contributed by atoms with Crippen LogP contribution in [0.4, 0.5) is 10.1 Å². The molecule has 0 fully saturated rings. The number of anilines is 1. The van der Waals surface area contributed by atoms with Crippen LogP contribution in [0.15, 0.2) is 51.9 Å². The Morgan fingerprint density at radius 3 is 2.34 bits per heavy atom. The first kappa shape index (κ1) is 23.4. The Balaban J connectivity index is 2.04. The van der Waals surface area contributed by atoms with Crippen LogP contribution in [-0.2, 0) is 10.0 Å². The van der Waals surface area contributed by atoms with Gasteiger partial charge in [0.1, 0.15) is 22.9 Å². The molecule has 0 aliphatic heterocycles. The Morgan fingerprint density at radius 1 is 1.12 bits per heavy atom. The van der Waals surface area contributed by atoms with E-state index in [4.69, 9.17) is 9.26 Å². The second-order valence-corrected chi connectivity index (χ2v) is 8.89. The Morgan fingerprint density at radius 2 is 1.78 bits per heavy atom. The lowest BCUT2D eigenvalue weighted by Gasteiger charge is -2.20. The molecule has 0 bridgehead atoms. The van der Waals surface area contributed by atoms with E-state index in [1.54, 1.807) is 27.7 Å². The maximum atomic E-state index is 13.2. The summed E-state index contributed by atoms with van der Waals surface area (Å²) in [4.78, 5) is 12.9. The molecule has 170 valence electrons. The molecule has 0 radical (unpaired) electrons. The van der Waals surface area contributed by atoms with E-state index < -0.39 is 21.7 Å². The second-order valence-electron chi connectivity index (χ2n) is 6.96. The fourth-order valence-corrected chi connectivity index (χ4v) is 4.68. The maximum absolute atomic E-state index is 13.2. The summed E-state index contributed by atoms with van der Waals surface area (Å²) in [6.07, 6.45) is 0. The van der Waals surface area contributed by atoms with E-state index in [0.717, 1.165) is 0 Å². The van der Waals surface area contributed by atoms with Gasteiger partial charge in [0, 0.05) is 13.1 Å². The van der Waals surface area contributed by atoms with Crippen molar-refractivity contribution in [2.75, 3.05) is 18.4 Å². The molecule has 10 heteroatoms. The monoisotopic (exact) mass is 461 g/mol. The van der Waals surface area contributed by atoms with E-state index >= 15 is 0 Å². The lowest BCUT2D eigenvalue weighted by molar-refractivity contribution is 0.102. The van der Waals surface area contributed by atoms with E-state index in [2.05, 4.69) is 10.5 Å². The molecule has 1 amide bonds. The summed E-state index contributed by atoms with van der Waals surface area (Å²) in [5, 5.41) is 6.47. The summed E-state index contributed by atoms with van der Waals surface area (Å²) >= 11 is 0. The van der Waals surface area contributed by atoms with Crippen LogP contribution in [-0.4, -0.2) is 36.9 Å². The molecule has 3 rings (SSSR count). The molecule has 0 aliphatic rings. The number of sulfonamides is 1. The molecule has 0 atom stereocenters. The summed E-state index contributed by atoms with van der Waals surface area (Å²) in [7, 11) is -3.78. The van der Waals surface area contributed by atoms with Crippen molar-refractivity contribution in [2.24, 2.45) is 0 Å². The topological polar surface area (TPSA) is 102 Å². The van der Waals surface area contributed by atoms with Gasteiger partial charge in [0.15, 0.2) is 5.75 Å². The van der Waals surface area contributed by atoms with Crippen LogP contribution in [0.3, 0.4) is 0 Å². The van der Waals surface area contributed by atoms with Crippen molar-refractivity contribution in [3.05, 3.63) is 65.3 Å². The minimum absolute atomic E-state index is 0.00159. The van der Waals surface area contributed by atoms with E-state index in [1.807, 2.05) is 0 Å². The first-order valence-electron chi connectivity index (χ1n) is 9.99. The number of aryl methyl sites for hydroxylation is 2. The molecule has 0 aliphatic carbocycles. The highest BCUT2D eigenvalue weighted by Gasteiger charge is 2.25. The molecule has 3 aromatic rings. The van der Waals surface area contributed by atoms with Gasteiger partial charge in [-0.05, 0) is 56.3 Å². The van der Waals surface area contributed by atoms with E-state index in [0.29, 0.717) is 30.3 Å². The van der Waals surface area contributed by atoms with Gasteiger partial charge in [0.2, 0.25) is 10.0 Å². The van der Waals surface area contributed by atoms with Gasteiger partial charge in [-0.3, -0.25) is 4.79 Å². The summed E-state index contributed by atoms with van der Waals surface area (Å²) in [6, 6.07) is 9.50. The van der Waals surface area contributed by atoms with Crippen LogP contribution in [0.2, 0.25) is 0 Å². The van der Waals surface area contributed by atoms with Crippen molar-refractivity contribution >= 4 is 21.6 Å². The second kappa shape index (κ2) is 9.49. The number of hydrogen-bond donors (Lipinski definition) is 1. The summed E-state index contributed by atoms with van der Waals surface area (Å²) < 4.78 is 51.4. The van der Waals surface area contributed by atoms with Crippen molar-refractivity contribution in [1.82, 2.24) is 9.46 Å². The normalized spacial score (nSPS) is 11.6. The number of nitrogens with one attached hydrogen (secondary N) is 1. The fraction of sp³-hybridized carbons (Fsp3) is 0.273. The van der Waals surface area contributed by atoms with Crippen LogP contribution in [0.1, 0.15) is 35.7 Å². The zero-order valence-electron chi connectivity index (χ0n) is 18.2. The van der Waals surface area contributed by atoms with E-state index in [-0.39, 0.29) is 21.9 Å². The van der Waals surface area contributed by atoms with Crippen LogP contribution < -0.4 is 10.1 Å². The van der Waals surface area contributed by atoms with Gasteiger partial charge in [0.05, 0.1) is 16.3 Å². The number of ether oxygens (including phenoxy) is 1. The number of aromatic nitrogens is 1. The van der Waals surface area contributed by atoms with Crippen LogP contribution in [0, 0.1) is 19.7 Å². The van der Waals surface area contributed by atoms with Gasteiger partial charge < -0.3 is 14.6 Å². The molecular weight excluding hydrogens is 437 g/mol. The lowest BCUT2D eigenvalue weighted by Crippen LogP contribution is -2.30. The first-order chi connectivity index (χ1) is 15.2. The zero-order valence-corrected chi connectivity index (χ0v) is 19.0. The van der Waals surface area contributed by atoms with Gasteiger partial charge in [-0.2, -0.15) is 4.31 Å². The molecule has 0 spiro atoms. The highest BCUT2D eigenvalue weighted by molar-refractivity contribution is 7.89. The number of amides is 1. The number of carbonyl (C=O) groups is 1. The first-order valence-corrected chi connectivity index (χ1v) is 11.4. The number of hydrogen-bond acceptors (Lipinski definition) is 6. The average Bonchev–Trinajstić information content (AvgIpc) is 3.09. The van der Waals surface area contributed by atoms with Crippen molar-refractivity contribution < 1.29 is 26.9 Å². The molecule has 8 nitrogen and oxygen atoms in total. The molecule has 0 saturated heterocycles. The number of halogens is 1. The summed E-state index contributed by atoms with van der Waals surface area (Å²) in [5.41, 5.74) is 0.773. The largest absolute Gasteiger partial charge is 0.455 e. The number of nitrogens with zero attached hydrogens (tertiary/aromatic N) is 2. The van der Waals surface area contributed by atoms with Crippen molar-refractivity contribution in [1.29, 1.82) is 0 Å². The van der Waals surface area contributed by atoms with Crippen LogP contribution in [0.25, 0.3) is 0 Å². The number of benzene rings is 2. The molecule has 0 unspecified atom stereocenters. The molecule has 1 N–H and O–H groups in total. The number of rotatable bonds is 8. The van der Waals surface area contributed by atoms with Gasteiger partial charge >= 0.3 is 0 Å². The molecule has 0 saturated carbocycles. The smallest absolute Gasteiger partial charge is 0.261 e. The molecule has 2 aromatic carbocycles. The van der Waals surface area contributed by atoms with E-state index in [1.165, 1.54) is 46.8 Å². The third kappa shape index (κ3) is 4.81. The van der Waals surface area contributed by atoms with Gasteiger partial charge in [-0.15, -0.1) is 0 Å². The van der Waals surface area contributed by atoms with Gasteiger partial charge in [-0.25, -0.2) is 12.8 Å². The Kier molecular flexibility index (Phi) is 6.95. The fourth-order valence-electron chi connectivity index (χ4n) is 3.19. The molecule has 1 heterocycles. The van der Waals surface area contributed by atoms with Crippen molar-refractivity contribution in [2.45, 2.75) is 32.6 Å². The third-order valence-corrected chi connectivity index (χ3v) is 6.89.